The highest BCUT2D eigenvalue weighted by atomic mass is 79.9. The molecule has 0 atom stereocenters. The Morgan fingerprint density at radius 1 is 1.04 bits per heavy atom. The largest absolute Gasteiger partial charge is 0.493 e. The topological polar surface area (TPSA) is 48.0 Å². The van der Waals surface area contributed by atoms with Gasteiger partial charge in [-0.05, 0) is 46.0 Å². The molecule has 6 heteroatoms. The fourth-order valence-corrected chi connectivity index (χ4v) is 3.26. The first kappa shape index (κ1) is 20.7. The molecule has 0 aromatic heterocycles. The maximum absolute atomic E-state index is 12.5. The van der Waals surface area contributed by atoms with Crippen LogP contribution in [0.1, 0.15) is 18.1 Å². The molecule has 5 nitrogen and oxygen atoms in total. The number of methoxy groups -OCH3 is 3. The smallest absolute Gasteiger partial charge is 0.299 e. The molecule has 0 unspecified atom stereocenters. The molecule has 0 fully saturated rings. The lowest BCUT2D eigenvalue weighted by Gasteiger charge is -2.23. The molecule has 27 heavy (non-hydrogen) atoms. The summed E-state index contributed by atoms with van der Waals surface area (Å²) in [7, 11) is 4.67. The van der Waals surface area contributed by atoms with Crippen molar-refractivity contribution in [1.82, 2.24) is 4.90 Å². The molecule has 0 saturated heterocycles. The van der Waals surface area contributed by atoms with E-state index in [0.29, 0.717) is 34.8 Å². The zero-order valence-electron chi connectivity index (χ0n) is 15.8. The number of nitrogens with zero attached hydrogens (tertiary/aromatic N) is 1. The molecule has 2 aromatic carbocycles. The molecule has 2 aromatic rings. The molecule has 1 amide bonds. The van der Waals surface area contributed by atoms with E-state index in [1.165, 1.54) is 0 Å². The number of carbonyl (C=O) groups excluding carboxylic acids is 1. The molecule has 0 spiro atoms. The van der Waals surface area contributed by atoms with Gasteiger partial charge in [-0.25, -0.2) is 0 Å². The lowest BCUT2D eigenvalue weighted by atomic mass is 10.1. The summed E-state index contributed by atoms with van der Waals surface area (Å²) in [6.07, 6.45) is 0. The molecular formula is C21H22BrNO4. The van der Waals surface area contributed by atoms with E-state index >= 15 is 0 Å². The number of rotatable bonds is 7. The summed E-state index contributed by atoms with van der Waals surface area (Å²) >= 11 is 3.56. The normalized spacial score (nSPS) is 9.81. The Labute approximate surface area is 168 Å². The lowest BCUT2D eigenvalue weighted by Crippen LogP contribution is -2.29. The average molecular weight is 432 g/mol. The molecule has 0 aliphatic carbocycles. The van der Waals surface area contributed by atoms with E-state index in [1.807, 2.05) is 36.4 Å². The van der Waals surface area contributed by atoms with E-state index in [-0.39, 0.29) is 5.91 Å². The monoisotopic (exact) mass is 431 g/mol. The third kappa shape index (κ3) is 4.95. The van der Waals surface area contributed by atoms with Crippen LogP contribution in [-0.4, -0.2) is 32.1 Å². The second-order valence-corrected chi connectivity index (χ2v) is 6.43. The molecule has 0 aliphatic rings. The van der Waals surface area contributed by atoms with Crippen LogP contribution in [0.25, 0.3) is 0 Å². The Kier molecular flexibility index (Phi) is 7.56. The Hall–Kier alpha value is -2.65. The molecular weight excluding hydrogens is 410 g/mol. The summed E-state index contributed by atoms with van der Waals surface area (Å²) in [6.45, 7) is 2.42. The minimum absolute atomic E-state index is 0.248. The minimum atomic E-state index is -0.248. The van der Waals surface area contributed by atoms with Gasteiger partial charge in [0.15, 0.2) is 11.5 Å². The van der Waals surface area contributed by atoms with Crippen molar-refractivity contribution in [2.45, 2.75) is 20.0 Å². The second-order valence-electron chi connectivity index (χ2n) is 5.64. The molecule has 0 bridgehead atoms. The maximum atomic E-state index is 12.5. The predicted octanol–water partition coefficient (Wildman–Crippen LogP) is 4.03. The number of hydrogen-bond acceptors (Lipinski definition) is 4. The van der Waals surface area contributed by atoms with Crippen molar-refractivity contribution >= 4 is 21.8 Å². The highest BCUT2D eigenvalue weighted by molar-refractivity contribution is 9.10. The molecule has 142 valence electrons. The van der Waals surface area contributed by atoms with E-state index in [0.717, 1.165) is 11.1 Å². The summed E-state index contributed by atoms with van der Waals surface area (Å²) in [4.78, 5) is 14.2. The zero-order valence-corrected chi connectivity index (χ0v) is 17.4. The third-order valence-corrected chi connectivity index (χ3v) is 4.81. The van der Waals surface area contributed by atoms with Crippen LogP contribution in [0.5, 0.6) is 17.2 Å². The van der Waals surface area contributed by atoms with Gasteiger partial charge in [-0.2, -0.15) is 0 Å². The van der Waals surface area contributed by atoms with Crippen LogP contribution < -0.4 is 14.2 Å². The van der Waals surface area contributed by atoms with Crippen LogP contribution in [0, 0.1) is 11.8 Å². The van der Waals surface area contributed by atoms with Gasteiger partial charge in [-0.1, -0.05) is 36.3 Å². The third-order valence-electron chi connectivity index (χ3n) is 3.94. The highest BCUT2D eigenvalue weighted by Gasteiger charge is 2.22. The lowest BCUT2D eigenvalue weighted by molar-refractivity contribution is -0.126. The number of benzene rings is 2. The number of hydrogen-bond donors (Lipinski definition) is 0. The molecule has 0 saturated carbocycles. The van der Waals surface area contributed by atoms with Gasteiger partial charge in [0.25, 0.3) is 5.91 Å². The van der Waals surface area contributed by atoms with Crippen molar-refractivity contribution in [3.63, 3.8) is 0 Å². The fraction of sp³-hybridized carbons (Fsp3) is 0.286. The Morgan fingerprint density at radius 2 is 1.70 bits per heavy atom. The second kappa shape index (κ2) is 9.89. The van der Waals surface area contributed by atoms with E-state index in [9.17, 15) is 4.79 Å². The highest BCUT2D eigenvalue weighted by Crippen LogP contribution is 2.45. The first-order valence-corrected chi connectivity index (χ1v) is 9.07. The molecule has 0 aliphatic heterocycles. The van der Waals surface area contributed by atoms with Gasteiger partial charge in [0.1, 0.15) is 0 Å². The summed E-state index contributed by atoms with van der Waals surface area (Å²) in [5, 5.41) is 0. The van der Waals surface area contributed by atoms with E-state index < -0.39 is 0 Å². The van der Waals surface area contributed by atoms with Crippen LogP contribution in [-0.2, 0) is 17.9 Å². The Bertz CT molecular complexity index is 856. The van der Waals surface area contributed by atoms with Crippen molar-refractivity contribution in [2.75, 3.05) is 21.3 Å². The predicted molar refractivity (Wildman–Crippen MR) is 108 cm³/mol. The quantitative estimate of drug-likeness (QED) is 0.620. The number of ether oxygens (including phenoxy) is 3. The van der Waals surface area contributed by atoms with Crippen molar-refractivity contribution in [2.24, 2.45) is 0 Å². The SMILES string of the molecule is CC#CC(=O)N(Cc1ccccc1)Cc1cc(OC)c(OC)c(OC)c1Br. The minimum Gasteiger partial charge on any atom is -0.493 e. The van der Waals surface area contributed by atoms with Gasteiger partial charge in [-0.15, -0.1) is 0 Å². The number of amides is 1. The summed E-state index contributed by atoms with van der Waals surface area (Å²) in [5.41, 5.74) is 1.85. The molecule has 0 radical (unpaired) electrons. The Morgan fingerprint density at radius 3 is 2.26 bits per heavy atom. The van der Waals surface area contributed by atoms with E-state index in [2.05, 4.69) is 27.8 Å². The van der Waals surface area contributed by atoms with Crippen LogP contribution in [0.15, 0.2) is 40.9 Å². The standard InChI is InChI=1S/C21H22BrNO4/c1-5-9-18(24)23(13-15-10-7-6-8-11-15)14-16-12-17(25-2)20(26-3)21(27-4)19(16)22/h6-8,10-12H,13-14H2,1-4H3. The van der Waals surface area contributed by atoms with Crippen molar-refractivity contribution in [1.29, 1.82) is 0 Å². The summed E-state index contributed by atoms with van der Waals surface area (Å²) < 4.78 is 17.0. The first-order chi connectivity index (χ1) is 13.0. The van der Waals surface area contributed by atoms with Gasteiger partial charge >= 0.3 is 0 Å². The molecule has 0 N–H and O–H groups in total. The van der Waals surface area contributed by atoms with E-state index in [4.69, 9.17) is 14.2 Å². The average Bonchev–Trinajstić information content (AvgIpc) is 2.69. The Balaban J connectivity index is 2.44. The van der Waals surface area contributed by atoms with Gasteiger partial charge in [0.05, 0.1) is 25.8 Å². The number of halogens is 1. The summed E-state index contributed by atoms with van der Waals surface area (Å²) in [5.74, 6) is 6.58. The van der Waals surface area contributed by atoms with Gasteiger partial charge in [0.2, 0.25) is 5.75 Å². The van der Waals surface area contributed by atoms with Crippen molar-refractivity contribution in [3.8, 4) is 29.1 Å². The first-order valence-electron chi connectivity index (χ1n) is 8.28. The molecule has 0 heterocycles. The van der Waals surface area contributed by atoms with Gasteiger partial charge < -0.3 is 19.1 Å². The van der Waals surface area contributed by atoms with Crippen LogP contribution >= 0.6 is 15.9 Å². The van der Waals surface area contributed by atoms with Crippen molar-refractivity contribution < 1.29 is 19.0 Å². The van der Waals surface area contributed by atoms with E-state index in [1.54, 1.807) is 33.2 Å². The fourth-order valence-electron chi connectivity index (χ4n) is 2.68. The van der Waals surface area contributed by atoms with Gasteiger partial charge in [0, 0.05) is 13.1 Å². The summed E-state index contributed by atoms with van der Waals surface area (Å²) in [6, 6.07) is 11.6. The van der Waals surface area contributed by atoms with Crippen LogP contribution in [0.2, 0.25) is 0 Å². The van der Waals surface area contributed by atoms with Crippen molar-refractivity contribution in [3.05, 3.63) is 52.0 Å². The van der Waals surface area contributed by atoms with Crippen LogP contribution in [0.4, 0.5) is 0 Å². The van der Waals surface area contributed by atoms with Gasteiger partial charge in [-0.3, -0.25) is 4.79 Å². The maximum Gasteiger partial charge on any atom is 0.299 e. The van der Waals surface area contributed by atoms with Crippen LogP contribution in [0.3, 0.4) is 0 Å². The molecule has 2 rings (SSSR count). The number of carbonyl (C=O) groups is 1. The zero-order chi connectivity index (χ0) is 19.8.